The number of hydrogen-bond acceptors (Lipinski definition) is 3. The van der Waals surface area contributed by atoms with Crippen molar-refractivity contribution in [1.82, 2.24) is 10.6 Å². The number of hydrogen-bond donors (Lipinski definition) is 3. The van der Waals surface area contributed by atoms with Gasteiger partial charge in [-0.3, -0.25) is 4.79 Å². The molecule has 3 N–H and O–H groups in total. The second-order valence-corrected chi connectivity index (χ2v) is 5.68. The van der Waals surface area contributed by atoms with Crippen LogP contribution in [-0.4, -0.2) is 29.2 Å². The van der Waals surface area contributed by atoms with Crippen molar-refractivity contribution in [2.75, 3.05) is 0 Å². The maximum atomic E-state index is 11.9. The Bertz CT molecular complexity index is 472. The molecule has 1 heterocycles. The van der Waals surface area contributed by atoms with Crippen LogP contribution >= 0.6 is 0 Å². The third-order valence-electron chi connectivity index (χ3n) is 3.90. The molecule has 0 spiro atoms. The summed E-state index contributed by atoms with van der Waals surface area (Å²) in [4.78, 5) is 22.7. The maximum absolute atomic E-state index is 11.9. The molecule has 3 atom stereocenters. The number of carbonyl (C=O) groups is 2. The smallest absolute Gasteiger partial charge is 0.315 e. The van der Waals surface area contributed by atoms with E-state index >= 15 is 0 Å². The van der Waals surface area contributed by atoms with E-state index in [4.69, 9.17) is 9.52 Å². The summed E-state index contributed by atoms with van der Waals surface area (Å²) in [6, 6.07) is 3.53. The zero-order valence-electron chi connectivity index (χ0n) is 12.2. The third-order valence-corrected chi connectivity index (χ3v) is 3.90. The van der Waals surface area contributed by atoms with Crippen molar-refractivity contribution >= 4 is 12.0 Å². The fourth-order valence-electron chi connectivity index (χ4n) is 2.67. The number of furan rings is 1. The lowest BCUT2D eigenvalue weighted by molar-refractivity contribution is -0.141. The first-order chi connectivity index (χ1) is 10.0. The summed E-state index contributed by atoms with van der Waals surface area (Å²) in [5.41, 5.74) is 0. The highest BCUT2D eigenvalue weighted by atomic mass is 16.4. The molecule has 6 heteroatoms. The average molecular weight is 294 g/mol. The monoisotopic (exact) mass is 294 g/mol. The molecule has 0 radical (unpaired) electrons. The SMILES string of the molecule is CC(CCc1ccco1)NC(=O)N[C@H]1CC[C@@H](C(=O)O)C1. The Morgan fingerprint density at radius 2 is 2.29 bits per heavy atom. The van der Waals surface area contributed by atoms with Crippen LogP contribution in [-0.2, 0) is 11.2 Å². The highest BCUT2D eigenvalue weighted by Crippen LogP contribution is 2.25. The van der Waals surface area contributed by atoms with Gasteiger partial charge in [0.15, 0.2) is 0 Å². The van der Waals surface area contributed by atoms with Crippen molar-refractivity contribution in [3.8, 4) is 0 Å². The lowest BCUT2D eigenvalue weighted by Crippen LogP contribution is -2.44. The Morgan fingerprint density at radius 3 is 2.90 bits per heavy atom. The number of rotatable bonds is 6. The van der Waals surface area contributed by atoms with Gasteiger partial charge in [-0.25, -0.2) is 4.79 Å². The van der Waals surface area contributed by atoms with Crippen LogP contribution in [0.3, 0.4) is 0 Å². The molecule has 2 rings (SSSR count). The van der Waals surface area contributed by atoms with Crippen LogP contribution < -0.4 is 10.6 Å². The van der Waals surface area contributed by atoms with Gasteiger partial charge in [0, 0.05) is 18.5 Å². The normalized spacial score (nSPS) is 22.7. The quantitative estimate of drug-likeness (QED) is 0.749. The molecule has 0 aliphatic heterocycles. The van der Waals surface area contributed by atoms with E-state index in [0.717, 1.165) is 25.0 Å². The maximum Gasteiger partial charge on any atom is 0.315 e. The van der Waals surface area contributed by atoms with Crippen LogP contribution in [0.1, 0.15) is 38.4 Å². The fourth-order valence-corrected chi connectivity index (χ4v) is 2.67. The number of carboxylic acid groups (broad SMARTS) is 1. The number of aryl methyl sites for hydroxylation is 1. The van der Waals surface area contributed by atoms with Crippen LogP contribution in [0.5, 0.6) is 0 Å². The Morgan fingerprint density at radius 1 is 1.48 bits per heavy atom. The fraction of sp³-hybridized carbons (Fsp3) is 0.600. The minimum absolute atomic E-state index is 0.0340. The van der Waals surface area contributed by atoms with Crippen LogP contribution in [0, 0.1) is 5.92 Å². The molecule has 1 saturated carbocycles. The van der Waals surface area contributed by atoms with Crippen LogP contribution in [0.2, 0.25) is 0 Å². The topological polar surface area (TPSA) is 91.6 Å². The van der Waals surface area contributed by atoms with Gasteiger partial charge in [-0.15, -0.1) is 0 Å². The first-order valence-electron chi connectivity index (χ1n) is 7.37. The zero-order chi connectivity index (χ0) is 15.2. The lowest BCUT2D eigenvalue weighted by atomic mass is 10.1. The van der Waals surface area contributed by atoms with E-state index in [1.54, 1.807) is 6.26 Å². The molecular formula is C15H22N2O4. The Kier molecular flexibility index (Phi) is 5.25. The van der Waals surface area contributed by atoms with E-state index in [0.29, 0.717) is 12.8 Å². The number of urea groups is 1. The summed E-state index contributed by atoms with van der Waals surface area (Å²) >= 11 is 0. The Labute approximate surface area is 123 Å². The molecule has 2 amide bonds. The standard InChI is InChI=1S/C15H22N2O4/c1-10(4-7-13-3-2-8-21-13)16-15(20)17-12-6-5-11(9-12)14(18)19/h2-3,8,10-12H,4-7,9H2,1H3,(H,18,19)(H2,16,17,20)/t10?,11-,12+/m1/s1. The first kappa shape index (κ1) is 15.4. The van der Waals surface area contributed by atoms with Gasteiger partial charge in [0.05, 0.1) is 12.2 Å². The Balaban J connectivity index is 1.66. The van der Waals surface area contributed by atoms with Crippen molar-refractivity contribution in [3.63, 3.8) is 0 Å². The van der Waals surface area contributed by atoms with E-state index in [9.17, 15) is 9.59 Å². The second-order valence-electron chi connectivity index (χ2n) is 5.68. The molecule has 21 heavy (non-hydrogen) atoms. The summed E-state index contributed by atoms with van der Waals surface area (Å²) in [5.74, 6) is -0.192. The van der Waals surface area contributed by atoms with Crippen molar-refractivity contribution in [3.05, 3.63) is 24.2 Å². The van der Waals surface area contributed by atoms with Crippen molar-refractivity contribution in [2.24, 2.45) is 5.92 Å². The minimum atomic E-state index is -0.772. The van der Waals surface area contributed by atoms with Crippen molar-refractivity contribution < 1.29 is 19.1 Å². The first-order valence-corrected chi connectivity index (χ1v) is 7.37. The van der Waals surface area contributed by atoms with Gasteiger partial charge in [0.1, 0.15) is 5.76 Å². The molecule has 0 saturated heterocycles. The largest absolute Gasteiger partial charge is 0.481 e. The summed E-state index contributed by atoms with van der Waals surface area (Å²) in [6.07, 6.45) is 5.09. The minimum Gasteiger partial charge on any atom is -0.481 e. The number of nitrogens with one attached hydrogen (secondary N) is 2. The van der Waals surface area contributed by atoms with Crippen LogP contribution in [0.25, 0.3) is 0 Å². The molecule has 1 unspecified atom stereocenters. The number of carbonyl (C=O) groups excluding carboxylic acids is 1. The van der Waals surface area contributed by atoms with Gasteiger partial charge in [-0.05, 0) is 44.7 Å². The summed E-state index contributed by atoms with van der Waals surface area (Å²) < 4.78 is 5.25. The molecule has 0 aromatic carbocycles. The molecule has 1 aromatic rings. The molecule has 116 valence electrons. The lowest BCUT2D eigenvalue weighted by Gasteiger charge is -2.17. The summed E-state index contributed by atoms with van der Waals surface area (Å²) in [6.45, 7) is 1.94. The van der Waals surface area contributed by atoms with Gasteiger partial charge in [0.25, 0.3) is 0 Å². The Hall–Kier alpha value is -1.98. The van der Waals surface area contributed by atoms with E-state index in [2.05, 4.69) is 10.6 Å². The van der Waals surface area contributed by atoms with Gasteiger partial charge in [-0.1, -0.05) is 0 Å². The summed E-state index contributed by atoms with van der Waals surface area (Å²) in [7, 11) is 0. The highest BCUT2D eigenvalue weighted by Gasteiger charge is 2.30. The third kappa shape index (κ3) is 4.81. The molecule has 1 aliphatic rings. The highest BCUT2D eigenvalue weighted by molar-refractivity contribution is 5.75. The number of carboxylic acids is 1. The van der Waals surface area contributed by atoms with Gasteiger partial charge < -0.3 is 20.2 Å². The predicted octanol–water partition coefficient (Wildman–Crippen LogP) is 2.15. The van der Waals surface area contributed by atoms with Crippen LogP contribution in [0.4, 0.5) is 4.79 Å². The van der Waals surface area contributed by atoms with Gasteiger partial charge in [0.2, 0.25) is 0 Å². The van der Waals surface area contributed by atoms with Gasteiger partial charge >= 0.3 is 12.0 Å². The molecule has 1 aromatic heterocycles. The average Bonchev–Trinajstić information content (AvgIpc) is 3.06. The predicted molar refractivity (Wildman–Crippen MR) is 76.9 cm³/mol. The van der Waals surface area contributed by atoms with E-state index in [-0.39, 0.29) is 24.0 Å². The van der Waals surface area contributed by atoms with Crippen molar-refractivity contribution in [1.29, 1.82) is 0 Å². The van der Waals surface area contributed by atoms with E-state index in [1.165, 1.54) is 0 Å². The van der Waals surface area contributed by atoms with Gasteiger partial charge in [-0.2, -0.15) is 0 Å². The van der Waals surface area contributed by atoms with E-state index < -0.39 is 5.97 Å². The second kappa shape index (κ2) is 7.15. The molecule has 1 aliphatic carbocycles. The molecule has 0 bridgehead atoms. The van der Waals surface area contributed by atoms with Crippen LogP contribution in [0.15, 0.2) is 22.8 Å². The molecule has 6 nitrogen and oxygen atoms in total. The zero-order valence-corrected chi connectivity index (χ0v) is 12.2. The molecule has 1 fully saturated rings. The van der Waals surface area contributed by atoms with Crippen molar-refractivity contribution in [2.45, 2.75) is 51.1 Å². The molecular weight excluding hydrogens is 272 g/mol. The number of aliphatic carboxylic acids is 1. The summed E-state index contributed by atoms with van der Waals surface area (Å²) in [5, 5.41) is 14.7. The van der Waals surface area contributed by atoms with E-state index in [1.807, 2.05) is 19.1 Å². The number of amides is 2.